The van der Waals surface area contributed by atoms with Crippen molar-refractivity contribution in [3.05, 3.63) is 35.9 Å². The number of rotatable bonds is 9. The Morgan fingerprint density at radius 3 is 2.47 bits per heavy atom. The highest BCUT2D eigenvalue weighted by Gasteiger charge is 2.38. The predicted octanol–water partition coefficient (Wildman–Crippen LogP) is 3.25. The lowest BCUT2D eigenvalue weighted by atomic mass is 9.85. The first-order valence-corrected chi connectivity index (χ1v) is 12.2. The first-order valence-electron chi connectivity index (χ1n) is 12.2. The highest BCUT2D eigenvalue weighted by Crippen LogP contribution is 2.28. The molecule has 1 heterocycles. The number of aliphatic hydroxyl groups excluding tert-OH is 1. The summed E-state index contributed by atoms with van der Waals surface area (Å²) < 4.78 is 0. The Bertz CT molecular complexity index is 723. The van der Waals surface area contributed by atoms with Gasteiger partial charge in [0.15, 0.2) is 0 Å². The van der Waals surface area contributed by atoms with E-state index in [1.54, 1.807) is 4.90 Å². The zero-order chi connectivity index (χ0) is 22.9. The maximum absolute atomic E-state index is 12.8. The molecular weight excluding hydrogens is 406 g/mol. The summed E-state index contributed by atoms with van der Waals surface area (Å²) in [5.74, 6) is 0.871. The second-order valence-electron chi connectivity index (χ2n) is 9.48. The minimum atomic E-state index is -1.08. The number of unbranched alkanes of at least 4 members (excludes halogenated alkanes) is 1. The molecule has 7 nitrogen and oxygen atoms in total. The highest BCUT2D eigenvalue weighted by atomic mass is 16.4. The highest BCUT2D eigenvalue weighted by molar-refractivity contribution is 5.76. The zero-order valence-electron chi connectivity index (χ0n) is 19.1. The first-order chi connectivity index (χ1) is 15.5. The molecule has 0 aromatic heterocycles. The van der Waals surface area contributed by atoms with E-state index in [1.807, 2.05) is 30.3 Å². The van der Waals surface area contributed by atoms with E-state index >= 15 is 0 Å². The minimum absolute atomic E-state index is 0.0486. The van der Waals surface area contributed by atoms with Gasteiger partial charge in [-0.1, -0.05) is 75.3 Å². The number of hydrogen-bond acceptors (Lipinski definition) is 4. The molecule has 4 N–H and O–H groups in total. The van der Waals surface area contributed by atoms with Crippen LogP contribution in [0.15, 0.2) is 30.3 Å². The van der Waals surface area contributed by atoms with Crippen molar-refractivity contribution >= 4 is 12.0 Å². The van der Waals surface area contributed by atoms with Crippen LogP contribution in [0.5, 0.6) is 0 Å². The number of piperazine rings is 1. The Balaban J connectivity index is 1.51. The molecule has 1 aliphatic carbocycles. The van der Waals surface area contributed by atoms with Crippen LogP contribution >= 0.6 is 0 Å². The number of benzene rings is 1. The van der Waals surface area contributed by atoms with E-state index < -0.39 is 24.3 Å². The van der Waals surface area contributed by atoms with E-state index in [0.29, 0.717) is 19.4 Å². The SMILES string of the molecule is N[C@H](Cc1ccccc1)[C@H](O)[C@H]1CN(C(=O)CCCCC2CCCCC2)CCN1C(=O)O. The number of hydrogen-bond donors (Lipinski definition) is 3. The van der Waals surface area contributed by atoms with Crippen LogP contribution in [0, 0.1) is 5.92 Å². The summed E-state index contributed by atoms with van der Waals surface area (Å²) in [7, 11) is 0. The second-order valence-corrected chi connectivity index (χ2v) is 9.48. The fourth-order valence-corrected chi connectivity index (χ4v) is 5.20. The van der Waals surface area contributed by atoms with Gasteiger partial charge >= 0.3 is 6.09 Å². The van der Waals surface area contributed by atoms with Gasteiger partial charge in [0.1, 0.15) is 0 Å². The Kier molecular flexibility index (Phi) is 9.36. The van der Waals surface area contributed by atoms with Crippen LogP contribution in [0.3, 0.4) is 0 Å². The summed E-state index contributed by atoms with van der Waals surface area (Å²) in [4.78, 5) is 27.5. The van der Waals surface area contributed by atoms with Gasteiger partial charge in [-0.3, -0.25) is 9.69 Å². The van der Waals surface area contributed by atoms with Crippen LogP contribution in [-0.4, -0.2) is 69.8 Å². The quantitative estimate of drug-likeness (QED) is 0.506. The monoisotopic (exact) mass is 445 g/mol. The van der Waals surface area contributed by atoms with E-state index in [9.17, 15) is 19.8 Å². The second kappa shape index (κ2) is 12.2. The molecule has 178 valence electrons. The van der Waals surface area contributed by atoms with Gasteiger partial charge in [0.05, 0.1) is 12.1 Å². The van der Waals surface area contributed by atoms with E-state index in [2.05, 4.69) is 0 Å². The molecule has 1 saturated heterocycles. The fourth-order valence-electron chi connectivity index (χ4n) is 5.20. The van der Waals surface area contributed by atoms with Gasteiger partial charge in [-0.2, -0.15) is 0 Å². The van der Waals surface area contributed by atoms with E-state index in [-0.39, 0.29) is 19.0 Å². The summed E-state index contributed by atoms with van der Waals surface area (Å²) in [6, 6.07) is 8.27. The van der Waals surface area contributed by atoms with Gasteiger partial charge in [0.25, 0.3) is 0 Å². The van der Waals surface area contributed by atoms with Gasteiger partial charge < -0.3 is 20.8 Å². The minimum Gasteiger partial charge on any atom is -0.465 e. The average Bonchev–Trinajstić information content (AvgIpc) is 2.82. The summed E-state index contributed by atoms with van der Waals surface area (Å²) in [5.41, 5.74) is 7.25. The lowest BCUT2D eigenvalue weighted by molar-refractivity contribution is -0.135. The smallest absolute Gasteiger partial charge is 0.407 e. The van der Waals surface area contributed by atoms with E-state index in [1.165, 1.54) is 43.4 Å². The van der Waals surface area contributed by atoms with Crippen molar-refractivity contribution in [1.82, 2.24) is 9.80 Å². The summed E-state index contributed by atoms with van der Waals surface area (Å²) in [6.45, 7) is 0.755. The molecule has 1 aromatic rings. The number of carbonyl (C=O) groups excluding carboxylic acids is 1. The van der Waals surface area contributed by atoms with Gasteiger partial charge in [-0.25, -0.2) is 4.79 Å². The fraction of sp³-hybridized carbons (Fsp3) is 0.680. The largest absolute Gasteiger partial charge is 0.465 e. The van der Waals surface area contributed by atoms with Crippen molar-refractivity contribution in [2.45, 2.75) is 82.4 Å². The molecule has 32 heavy (non-hydrogen) atoms. The van der Waals surface area contributed by atoms with Crippen molar-refractivity contribution in [3.8, 4) is 0 Å². The third-order valence-corrected chi connectivity index (χ3v) is 7.14. The maximum atomic E-state index is 12.8. The third-order valence-electron chi connectivity index (χ3n) is 7.14. The zero-order valence-corrected chi connectivity index (χ0v) is 19.1. The Morgan fingerprint density at radius 2 is 1.78 bits per heavy atom. The van der Waals surface area contributed by atoms with Gasteiger partial charge in [0.2, 0.25) is 5.91 Å². The summed E-state index contributed by atoms with van der Waals surface area (Å²) in [6.07, 6.45) is 8.64. The lowest BCUT2D eigenvalue weighted by Crippen LogP contribution is -2.63. The predicted molar refractivity (Wildman–Crippen MR) is 124 cm³/mol. The molecule has 1 saturated carbocycles. The van der Waals surface area contributed by atoms with Gasteiger partial charge in [-0.15, -0.1) is 0 Å². The maximum Gasteiger partial charge on any atom is 0.407 e. The van der Waals surface area contributed by atoms with Crippen molar-refractivity contribution in [2.75, 3.05) is 19.6 Å². The molecular formula is C25H39N3O4. The molecule has 2 aliphatic rings. The third kappa shape index (κ3) is 6.94. The van der Waals surface area contributed by atoms with E-state index in [0.717, 1.165) is 24.3 Å². The van der Waals surface area contributed by atoms with Crippen LogP contribution in [0.25, 0.3) is 0 Å². The number of amides is 2. The van der Waals surface area contributed by atoms with Crippen LogP contribution < -0.4 is 5.73 Å². The molecule has 2 fully saturated rings. The van der Waals surface area contributed by atoms with Crippen molar-refractivity contribution in [1.29, 1.82) is 0 Å². The Morgan fingerprint density at radius 1 is 1.06 bits per heavy atom. The van der Waals surface area contributed by atoms with Crippen LogP contribution in [-0.2, 0) is 11.2 Å². The molecule has 0 spiro atoms. The van der Waals surface area contributed by atoms with Gasteiger partial charge in [0, 0.05) is 32.1 Å². The van der Waals surface area contributed by atoms with Crippen LogP contribution in [0.2, 0.25) is 0 Å². The number of carboxylic acid groups (broad SMARTS) is 1. The van der Waals surface area contributed by atoms with Gasteiger partial charge in [-0.05, 0) is 24.3 Å². The van der Waals surface area contributed by atoms with Crippen LogP contribution in [0.1, 0.15) is 63.4 Å². The molecule has 0 radical (unpaired) electrons. The van der Waals surface area contributed by atoms with Crippen molar-refractivity contribution in [2.24, 2.45) is 11.7 Å². The topological polar surface area (TPSA) is 107 Å². The molecule has 2 amide bonds. The average molecular weight is 446 g/mol. The van der Waals surface area contributed by atoms with Crippen molar-refractivity contribution < 1.29 is 19.8 Å². The molecule has 3 atom stereocenters. The number of aliphatic hydroxyl groups is 1. The number of carbonyl (C=O) groups is 2. The number of nitrogens with two attached hydrogens (primary N) is 1. The molecule has 0 unspecified atom stereocenters. The van der Waals surface area contributed by atoms with Crippen molar-refractivity contribution in [3.63, 3.8) is 0 Å². The summed E-state index contributed by atoms with van der Waals surface area (Å²) >= 11 is 0. The normalized spacial score (nSPS) is 21.9. The lowest BCUT2D eigenvalue weighted by Gasteiger charge is -2.43. The van der Waals surface area contributed by atoms with Crippen LogP contribution in [0.4, 0.5) is 4.79 Å². The standard InChI is InChI=1S/C25H39N3O4/c26-21(17-20-12-5-2-6-13-20)24(30)22-18-27(15-16-28(22)25(31)32)23(29)14-8-7-11-19-9-3-1-4-10-19/h2,5-6,12-13,19,21-22,24,30H,1,3-4,7-11,14-18,26H2,(H,31,32)/t21-,22-,24+/m1/s1. The molecule has 0 bridgehead atoms. The molecule has 3 rings (SSSR count). The Hall–Kier alpha value is -2.12. The first kappa shape index (κ1) is 24.5. The molecule has 7 heteroatoms. The summed E-state index contributed by atoms with van der Waals surface area (Å²) in [5, 5.41) is 20.5. The molecule has 1 aromatic carbocycles. The molecule has 1 aliphatic heterocycles. The Labute approximate surface area is 191 Å². The number of nitrogens with zero attached hydrogens (tertiary/aromatic N) is 2. The van der Waals surface area contributed by atoms with E-state index in [4.69, 9.17) is 5.73 Å².